The molecule has 0 bridgehead atoms. The molecule has 1 nitrogen and oxygen atoms in total. The van der Waals surface area contributed by atoms with Crippen LogP contribution >= 0.6 is 0 Å². The van der Waals surface area contributed by atoms with Crippen molar-refractivity contribution in [2.24, 2.45) is 11.8 Å². The van der Waals surface area contributed by atoms with Gasteiger partial charge in [0.2, 0.25) is 0 Å². The van der Waals surface area contributed by atoms with E-state index in [-0.39, 0.29) is 18.3 Å². The van der Waals surface area contributed by atoms with E-state index in [0.717, 1.165) is 6.54 Å². The fourth-order valence-electron chi connectivity index (χ4n) is 2.35. The maximum absolute atomic E-state index is 12.9. The smallest absolute Gasteiger partial charge is 0.252 e. The van der Waals surface area contributed by atoms with E-state index in [1.807, 2.05) is 0 Å². The van der Waals surface area contributed by atoms with Gasteiger partial charge >= 0.3 is 0 Å². The summed E-state index contributed by atoms with van der Waals surface area (Å²) >= 11 is 0. The molecule has 12 heavy (non-hydrogen) atoms. The van der Waals surface area contributed by atoms with Crippen molar-refractivity contribution in [3.05, 3.63) is 0 Å². The molecule has 0 spiro atoms. The summed E-state index contributed by atoms with van der Waals surface area (Å²) in [6.45, 7) is 5.64. The first-order chi connectivity index (χ1) is 5.50. The topological polar surface area (TPSA) is 3.24 Å². The van der Waals surface area contributed by atoms with Crippen LogP contribution in [-0.2, 0) is 0 Å². The summed E-state index contributed by atoms with van der Waals surface area (Å²) in [7, 11) is 0. The van der Waals surface area contributed by atoms with Gasteiger partial charge in [0.15, 0.2) is 0 Å². The van der Waals surface area contributed by atoms with Gasteiger partial charge in [0, 0.05) is 31.5 Å². The van der Waals surface area contributed by atoms with E-state index in [9.17, 15) is 8.78 Å². The van der Waals surface area contributed by atoms with Gasteiger partial charge < -0.3 is 4.90 Å². The third-order valence-corrected chi connectivity index (χ3v) is 3.28. The molecule has 1 saturated heterocycles. The van der Waals surface area contributed by atoms with Crippen molar-refractivity contribution in [2.45, 2.75) is 32.2 Å². The number of alkyl halides is 2. The Hall–Kier alpha value is -0.180. The van der Waals surface area contributed by atoms with Crippen LogP contribution in [0.4, 0.5) is 8.78 Å². The number of fused-ring (bicyclic) bond motifs is 1. The van der Waals surface area contributed by atoms with Gasteiger partial charge in [-0.25, -0.2) is 8.78 Å². The quantitative estimate of drug-likeness (QED) is 0.589. The average Bonchev–Trinajstić information content (AvgIpc) is 2.27. The summed E-state index contributed by atoms with van der Waals surface area (Å²) in [4.78, 5) is 2.16. The molecule has 0 N–H and O–H groups in total. The molecule has 1 heterocycles. The van der Waals surface area contributed by atoms with Crippen LogP contribution in [0.25, 0.3) is 0 Å². The number of hydrogen-bond acceptors (Lipinski definition) is 1. The van der Waals surface area contributed by atoms with Crippen LogP contribution in [-0.4, -0.2) is 30.0 Å². The molecule has 0 amide bonds. The second-order valence-corrected chi connectivity index (χ2v) is 4.38. The average molecular weight is 175 g/mol. The summed E-state index contributed by atoms with van der Waals surface area (Å²) in [5, 5.41) is 0. The van der Waals surface area contributed by atoms with Crippen molar-refractivity contribution in [2.75, 3.05) is 13.1 Å². The lowest BCUT2D eigenvalue weighted by molar-refractivity contribution is -0.152. The number of hydrogen-bond donors (Lipinski definition) is 0. The Bertz CT molecular complexity index is 191. The van der Waals surface area contributed by atoms with E-state index in [1.54, 1.807) is 0 Å². The van der Waals surface area contributed by atoms with Crippen LogP contribution in [0.15, 0.2) is 0 Å². The lowest BCUT2D eigenvalue weighted by Crippen LogP contribution is -2.46. The molecule has 0 aromatic heterocycles. The molecular formula is C9H15F2N. The molecule has 2 aliphatic rings. The summed E-state index contributed by atoms with van der Waals surface area (Å²) in [5.41, 5.74) is 0. The van der Waals surface area contributed by atoms with Gasteiger partial charge in [-0.1, -0.05) is 0 Å². The Kier molecular flexibility index (Phi) is 1.69. The Morgan fingerprint density at radius 1 is 1.33 bits per heavy atom. The minimum absolute atomic E-state index is 0.126. The molecule has 2 unspecified atom stereocenters. The predicted molar refractivity (Wildman–Crippen MR) is 43.3 cm³/mol. The minimum atomic E-state index is -2.35. The summed E-state index contributed by atoms with van der Waals surface area (Å²) in [6.07, 6.45) is 0.126. The lowest BCUT2D eigenvalue weighted by atomic mass is 9.72. The highest BCUT2D eigenvalue weighted by atomic mass is 19.3. The van der Waals surface area contributed by atoms with E-state index >= 15 is 0 Å². The van der Waals surface area contributed by atoms with Crippen LogP contribution in [0.1, 0.15) is 20.3 Å². The van der Waals surface area contributed by atoms with Crippen LogP contribution < -0.4 is 0 Å². The molecule has 0 aromatic rings. The van der Waals surface area contributed by atoms with Gasteiger partial charge in [0.25, 0.3) is 5.92 Å². The summed E-state index contributed by atoms with van der Waals surface area (Å²) in [5.74, 6) is -2.41. The molecular weight excluding hydrogens is 160 g/mol. The van der Waals surface area contributed by atoms with Crippen molar-refractivity contribution >= 4 is 0 Å². The molecule has 1 saturated carbocycles. The Balaban J connectivity index is 1.99. The zero-order valence-corrected chi connectivity index (χ0v) is 7.56. The van der Waals surface area contributed by atoms with Gasteiger partial charge in [-0.05, 0) is 19.8 Å². The number of nitrogens with zero attached hydrogens (tertiary/aromatic N) is 1. The van der Waals surface area contributed by atoms with Crippen LogP contribution in [0.5, 0.6) is 0 Å². The first kappa shape index (κ1) is 8.42. The second-order valence-electron chi connectivity index (χ2n) is 4.38. The zero-order chi connectivity index (χ0) is 8.93. The molecule has 0 aromatic carbocycles. The molecule has 70 valence electrons. The molecule has 2 atom stereocenters. The van der Waals surface area contributed by atoms with E-state index < -0.39 is 5.92 Å². The first-order valence-electron chi connectivity index (χ1n) is 4.62. The Morgan fingerprint density at radius 2 is 2.00 bits per heavy atom. The van der Waals surface area contributed by atoms with Gasteiger partial charge in [0.1, 0.15) is 0 Å². The molecule has 2 fully saturated rings. The third kappa shape index (κ3) is 1.06. The van der Waals surface area contributed by atoms with Crippen molar-refractivity contribution in [3.63, 3.8) is 0 Å². The minimum Gasteiger partial charge on any atom is -0.300 e. The maximum Gasteiger partial charge on any atom is 0.252 e. The van der Waals surface area contributed by atoms with Crippen LogP contribution in [0, 0.1) is 11.8 Å². The van der Waals surface area contributed by atoms with Crippen molar-refractivity contribution in [1.82, 2.24) is 4.90 Å². The molecule has 3 heteroatoms. The van der Waals surface area contributed by atoms with Crippen molar-refractivity contribution < 1.29 is 8.78 Å². The largest absolute Gasteiger partial charge is 0.300 e. The number of rotatable bonds is 1. The Morgan fingerprint density at radius 3 is 2.42 bits per heavy atom. The van der Waals surface area contributed by atoms with Crippen LogP contribution in [0.2, 0.25) is 0 Å². The van der Waals surface area contributed by atoms with Gasteiger partial charge in [-0.3, -0.25) is 0 Å². The van der Waals surface area contributed by atoms with E-state index in [1.165, 1.54) is 0 Å². The fraction of sp³-hybridized carbons (Fsp3) is 1.00. The highest BCUT2D eigenvalue weighted by Crippen LogP contribution is 2.52. The van der Waals surface area contributed by atoms with E-state index in [0.29, 0.717) is 12.6 Å². The SMILES string of the molecule is CC(C)N1CC2CC(F)(F)C2C1. The van der Waals surface area contributed by atoms with Crippen LogP contribution in [0.3, 0.4) is 0 Å². The summed E-state index contributed by atoms with van der Waals surface area (Å²) < 4.78 is 25.8. The van der Waals surface area contributed by atoms with Crippen molar-refractivity contribution in [1.29, 1.82) is 0 Å². The fourth-order valence-corrected chi connectivity index (χ4v) is 2.35. The zero-order valence-electron chi connectivity index (χ0n) is 7.56. The molecule has 1 aliphatic heterocycles. The van der Waals surface area contributed by atoms with E-state index in [4.69, 9.17) is 0 Å². The van der Waals surface area contributed by atoms with E-state index in [2.05, 4.69) is 18.7 Å². The van der Waals surface area contributed by atoms with Gasteiger partial charge in [0.05, 0.1) is 0 Å². The highest BCUT2D eigenvalue weighted by Gasteiger charge is 2.59. The second kappa shape index (κ2) is 2.41. The lowest BCUT2D eigenvalue weighted by Gasteiger charge is -2.38. The normalized spacial score (nSPS) is 39.8. The summed E-state index contributed by atoms with van der Waals surface area (Å²) in [6, 6.07) is 0.423. The highest BCUT2D eigenvalue weighted by molar-refractivity contribution is 5.03. The number of likely N-dealkylation sites (tertiary alicyclic amines) is 1. The number of halogens is 2. The maximum atomic E-state index is 12.9. The third-order valence-electron chi connectivity index (χ3n) is 3.28. The monoisotopic (exact) mass is 175 g/mol. The van der Waals surface area contributed by atoms with Gasteiger partial charge in [-0.15, -0.1) is 0 Å². The first-order valence-corrected chi connectivity index (χ1v) is 4.62. The predicted octanol–water partition coefficient (Wildman–Crippen LogP) is 1.98. The van der Waals surface area contributed by atoms with Gasteiger partial charge in [-0.2, -0.15) is 0 Å². The van der Waals surface area contributed by atoms with Crippen molar-refractivity contribution in [3.8, 4) is 0 Å². The molecule has 0 radical (unpaired) electrons. The molecule has 1 aliphatic carbocycles. The Labute approximate surface area is 71.7 Å². The molecule has 2 rings (SSSR count). The standard InChI is InChI=1S/C9H15F2N/c1-6(2)12-4-7-3-9(10,11)8(7)5-12/h6-8H,3-5H2,1-2H3.